The number of ether oxygens (including phenoxy) is 2. The van der Waals surface area contributed by atoms with Crippen LogP contribution in [-0.2, 0) is 11.3 Å². The van der Waals surface area contributed by atoms with Crippen LogP contribution >= 0.6 is 0 Å². The van der Waals surface area contributed by atoms with E-state index in [-0.39, 0.29) is 11.5 Å². The lowest BCUT2D eigenvalue weighted by Crippen LogP contribution is -2.45. The quantitative estimate of drug-likeness (QED) is 0.576. The van der Waals surface area contributed by atoms with Gasteiger partial charge in [0.2, 0.25) is 5.88 Å². The van der Waals surface area contributed by atoms with E-state index in [0.717, 1.165) is 30.2 Å². The van der Waals surface area contributed by atoms with Gasteiger partial charge in [0.15, 0.2) is 5.96 Å². The third-order valence-corrected chi connectivity index (χ3v) is 4.81. The molecule has 0 aromatic carbocycles. The molecule has 26 heavy (non-hydrogen) atoms. The summed E-state index contributed by atoms with van der Waals surface area (Å²) < 4.78 is 11.7. The van der Waals surface area contributed by atoms with Gasteiger partial charge in [-0.05, 0) is 37.2 Å². The van der Waals surface area contributed by atoms with Crippen LogP contribution in [0.5, 0.6) is 5.88 Å². The molecular formula is C20H34N4O2. The largest absolute Gasteiger partial charge is 0.474 e. The smallest absolute Gasteiger partial charge is 0.218 e. The van der Waals surface area contributed by atoms with Crippen molar-refractivity contribution >= 4 is 5.96 Å². The molecule has 6 heteroatoms. The first kappa shape index (κ1) is 20.5. The van der Waals surface area contributed by atoms with Crippen LogP contribution in [0.3, 0.4) is 0 Å². The van der Waals surface area contributed by atoms with Gasteiger partial charge in [0.1, 0.15) is 6.10 Å². The van der Waals surface area contributed by atoms with E-state index < -0.39 is 0 Å². The molecule has 2 rings (SSSR count). The van der Waals surface area contributed by atoms with Crippen molar-refractivity contribution in [1.29, 1.82) is 0 Å². The molecule has 1 aliphatic carbocycles. The maximum atomic E-state index is 6.10. The number of hydrogen-bond donors (Lipinski definition) is 2. The normalized spacial score (nSPS) is 17.2. The van der Waals surface area contributed by atoms with Crippen LogP contribution in [-0.4, -0.2) is 43.9 Å². The lowest BCUT2D eigenvalue weighted by atomic mass is 9.89. The average molecular weight is 363 g/mol. The summed E-state index contributed by atoms with van der Waals surface area (Å²) in [4.78, 5) is 8.73. The summed E-state index contributed by atoms with van der Waals surface area (Å²) in [6, 6.07) is 3.99. The zero-order chi connectivity index (χ0) is 19.0. The molecule has 146 valence electrons. The SMILES string of the molecule is CN=C(NCc1cccnc1OC1CCCC1)NCC(OC)C(C)(C)C. The molecule has 0 radical (unpaired) electrons. The lowest BCUT2D eigenvalue weighted by Gasteiger charge is -2.30. The van der Waals surface area contributed by atoms with Crippen LogP contribution in [0.15, 0.2) is 23.3 Å². The molecule has 1 fully saturated rings. The molecule has 1 atom stereocenters. The highest BCUT2D eigenvalue weighted by molar-refractivity contribution is 5.79. The number of nitrogens with zero attached hydrogens (tertiary/aromatic N) is 2. The van der Waals surface area contributed by atoms with Gasteiger partial charge >= 0.3 is 0 Å². The van der Waals surface area contributed by atoms with Crippen LogP contribution < -0.4 is 15.4 Å². The average Bonchev–Trinajstić information content (AvgIpc) is 3.11. The molecule has 1 aromatic rings. The molecule has 1 saturated carbocycles. The molecule has 0 saturated heterocycles. The number of guanidine groups is 1. The van der Waals surface area contributed by atoms with E-state index in [1.165, 1.54) is 12.8 Å². The van der Waals surface area contributed by atoms with Gasteiger partial charge in [0.25, 0.3) is 0 Å². The molecule has 0 bridgehead atoms. The van der Waals surface area contributed by atoms with E-state index in [9.17, 15) is 0 Å². The number of hydrogen-bond acceptors (Lipinski definition) is 4. The molecule has 1 aromatic heterocycles. The number of aliphatic imine (C=N–C) groups is 1. The first-order valence-corrected chi connectivity index (χ1v) is 9.52. The van der Waals surface area contributed by atoms with Gasteiger partial charge in [-0.25, -0.2) is 4.98 Å². The third kappa shape index (κ3) is 6.16. The fourth-order valence-corrected chi connectivity index (χ4v) is 3.16. The fourth-order valence-electron chi connectivity index (χ4n) is 3.16. The fraction of sp³-hybridized carbons (Fsp3) is 0.700. The zero-order valence-electron chi connectivity index (χ0n) is 16.8. The molecule has 1 unspecified atom stereocenters. The molecule has 1 heterocycles. The molecule has 1 aliphatic rings. The van der Waals surface area contributed by atoms with Crippen LogP contribution in [0.1, 0.15) is 52.0 Å². The number of methoxy groups -OCH3 is 1. The molecule has 6 nitrogen and oxygen atoms in total. The van der Waals surface area contributed by atoms with Crippen molar-refractivity contribution in [3.63, 3.8) is 0 Å². The van der Waals surface area contributed by atoms with E-state index >= 15 is 0 Å². The van der Waals surface area contributed by atoms with E-state index in [1.807, 2.05) is 12.1 Å². The lowest BCUT2D eigenvalue weighted by molar-refractivity contribution is 0.0205. The third-order valence-electron chi connectivity index (χ3n) is 4.81. The Bertz CT molecular complexity index is 577. The molecule has 0 aliphatic heterocycles. The van der Waals surface area contributed by atoms with Crippen molar-refractivity contribution in [3.8, 4) is 5.88 Å². The van der Waals surface area contributed by atoms with Crippen molar-refractivity contribution in [3.05, 3.63) is 23.9 Å². The highest BCUT2D eigenvalue weighted by atomic mass is 16.5. The van der Waals surface area contributed by atoms with Gasteiger partial charge in [-0.2, -0.15) is 0 Å². The number of rotatable bonds is 7. The minimum atomic E-state index is 0.0617. The molecule has 0 amide bonds. The van der Waals surface area contributed by atoms with Crippen molar-refractivity contribution < 1.29 is 9.47 Å². The topological polar surface area (TPSA) is 67.8 Å². The van der Waals surface area contributed by atoms with Gasteiger partial charge in [-0.3, -0.25) is 4.99 Å². The van der Waals surface area contributed by atoms with Crippen molar-refractivity contribution in [1.82, 2.24) is 15.6 Å². The van der Waals surface area contributed by atoms with Gasteiger partial charge in [-0.1, -0.05) is 26.8 Å². The summed E-state index contributed by atoms with van der Waals surface area (Å²) in [6.45, 7) is 7.81. The van der Waals surface area contributed by atoms with Gasteiger partial charge in [0.05, 0.1) is 6.10 Å². The minimum Gasteiger partial charge on any atom is -0.474 e. The predicted molar refractivity (Wildman–Crippen MR) is 106 cm³/mol. The Morgan fingerprint density at radius 3 is 2.65 bits per heavy atom. The second-order valence-electron chi connectivity index (χ2n) is 7.89. The number of nitrogens with one attached hydrogen (secondary N) is 2. The Morgan fingerprint density at radius 1 is 1.31 bits per heavy atom. The zero-order valence-corrected chi connectivity index (χ0v) is 16.8. The van der Waals surface area contributed by atoms with Gasteiger partial charge < -0.3 is 20.1 Å². The maximum absolute atomic E-state index is 6.10. The first-order chi connectivity index (χ1) is 12.4. The van der Waals surface area contributed by atoms with Crippen LogP contribution in [0.25, 0.3) is 0 Å². The summed E-state index contributed by atoms with van der Waals surface area (Å²) >= 11 is 0. The predicted octanol–water partition coefficient (Wildman–Crippen LogP) is 3.13. The van der Waals surface area contributed by atoms with Crippen molar-refractivity contribution in [2.45, 2.75) is 65.2 Å². The summed E-state index contributed by atoms with van der Waals surface area (Å²) in [5, 5.41) is 6.69. The monoisotopic (exact) mass is 362 g/mol. The van der Waals surface area contributed by atoms with E-state index in [4.69, 9.17) is 9.47 Å². The second-order valence-corrected chi connectivity index (χ2v) is 7.89. The number of pyridine rings is 1. The van der Waals surface area contributed by atoms with Crippen LogP contribution in [0.4, 0.5) is 0 Å². The van der Waals surface area contributed by atoms with Crippen molar-refractivity contribution in [2.24, 2.45) is 10.4 Å². The molecular weight excluding hydrogens is 328 g/mol. The Labute approximate surface area is 157 Å². The summed E-state index contributed by atoms with van der Waals surface area (Å²) in [6.07, 6.45) is 6.92. The Hall–Kier alpha value is -1.82. The maximum Gasteiger partial charge on any atom is 0.218 e. The standard InChI is InChI=1S/C20H34N4O2/c1-20(2,3)17(25-5)14-24-19(21-4)23-13-15-9-8-12-22-18(15)26-16-10-6-7-11-16/h8-9,12,16-17H,6-7,10-11,13-14H2,1-5H3,(H2,21,23,24). The van der Waals surface area contributed by atoms with E-state index in [1.54, 1.807) is 20.4 Å². The Balaban J connectivity index is 1.90. The highest BCUT2D eigenvalue weighted by Gasteiger charge is 2.24. The second kappa shape index (κ2) is 9.76. The Morgan fingerprint density at radius 2 is 2.04 bits per heavy atom. The van der Waals surface area contributed by atoms with E-state index in [0.29, 0.717) is 19.2 Å². The highest BCUT2D eigenvalue weighted by Crippen LogP contribution is 2.25. The number of aromatic nitrogens is 1. The summed E-state index contributed by atoms with van der Waals surface area (Å²) in [7, 11) is 3.52. The minimum absolute atomic E-state index is 0.0617. The summed E-state index contributed by atoms with van der Waals surface area (Å²) in [5.74, 6) is 1.47. The van der Waals surface area contributed by atoms with Crippen LogP contribution in [0.2, 0.25) is 0 Å². The molecule has 2 N–H and O–H groups in total. The van der Waals surface area contributed by atoms with Gasteiger partial charge in [-0.15, -0.1) is 0 Å². The Kier molecular flexibility index (Phi) is 7.69. The summed E-state index contributed by atoms with van der Waals surface area (Å²) in [5.41, 5.74) is 1.10. The first-order valence-electron chi connectivity index (χ1n) is 9.52. The van der Waals surface area contributed by atoms with E-state index in [2.05, 4.69) is 41.4 Å². The van der Waals surface area contributed by atoms with Crippen LogP contribution in [0, 0.1) is 5.41 Å². The van der Waals surface area contributed by atoms with Crippen molar-refractivity contribution in [2.75, 3.05) is 20.7 Å². The van der Waals surface area contributed by atoms with Gasteiger partial charge in [0, 0.05) is 39.0 Å². The molecule has 0 spiro atoms.